The van der Waals surface area contributed by atoms with E-state index in [0.717, 1.165) is 17.5 Å². The number of hydrogen-bond acceptors (Lipinski definition) is 4. The topological polar surface area (TPSA) is 78.5 Å². The van der Waals surface area contributed by atoms with Crippen molar-refractivity contribution in [3.8, 4) is 0 Å². The number of aryl methyl sites for hydroxylation is 2. The third kappa shape index (κ3) is 3.77. The fourth-order valence-electron chi connectivity index (χ4n) is 3.16. The van der Waals surface area contributed by atoms with Crippen LogP contribution in [0.3, 0.4) is 0 Å². The third-order valence-electron chi connectivity index (χ3n) is 4.47. The summed E-state index contributed by atoms with van der Waals surface area (Å²) in [7, 11) is 0. The molecule has 136 valence electrons. The molecule has 0 unspecified atom stereocenters. The van der Waals surface area contributed by atoms with Gasteiger partial charge >= 0.3 is 0 Å². The number of amides is 3. The Bertz CT molecular complexity index is 833. The molecule has 1 atom stereocenters. The molecule has 1 aromatic heterocycles. The Morgan fingerprint density at radius 1 is 1.15 bits per heavy atom. The van der Waals surface area contributed by atoms with E-state index < -0.39 is 6.04 Å². The molecule has 1 aliphatic heterocycles. The number of carbonyl (C=O) groups is 3. The van der Waals surface area contributed by atoms with Crippen molar-refractivity contribution in [3.63, 3.8) is 0 Å². The molecule has 1 fully saturated rings. The van der Waals surface area contributed by atoms with Crippen LogP contribution in [0.2, 0.25) is 0 Å². The SMILES string of the molecule is Cc1ccc(C(=O)NNC(=O)[C@H]2CCCN2C(=O)c2cccs2)c(C)c1. The first kappa shape index (κ1) is 18.1. The van der Waals surface area contributed by atoms with E-state index in [9.17, 15) is 14.4 Å². The van der Waals surface area contributed by atoms with Gasteiger partial charge in [-0.2, -0.15) is 0 Å². The van der Waals surface area contributed by atoms with Gasteiger partial charge in [0.05, 0.1) is 4.88 Å². The molecule has 0 spiro atoms. The largest absolute Gasteiger partial charge is 0.326 e. The summed E-state index contributed by atoms with van der Waals surface area (Å²) in [5.74, 6) is -0.881. The summed E-state index contributed by atoms with van der Waals surface area (Å²) in [5, 5.41) is 1.84. The molecule has 0 aliphatic carbocycles. The van der Waals surface area contributed by atoms with Crippen molar-refractivity contribution >= 4 is 29.1 Å². The summed E-state index contributed by atoms with van der Waals surface area (Å²) in [6, 6.07) is 8.49. The average Bonchev–Trinajstić information content (AvgIpc) is 3.30. The van der Waals surface area contributed by atoms with Crippen molar-refractivity contribution in [2.45, 2.75) is 32.7 Å². The Labute approximate surface area is 156 Å². The quantitative estimate of drug-likeness (QED) is 0.814. The number of likely N-dealkylation sites (tertiary alicyclic amines) is 1. The van der Waals surface area contributed by atoms with Gasteiger partial charge in [-0.25, -0.2) is 0 Å². The highest BCUT2D eigenvalue weighted by Gasteiger charge is 2.35. The van der Waals surface area contributed by atoms with Crippen LogP contribution in [0, 0.1) is 13.8 Å². The number of hydrazine groups is 1. The normalized spacial score (nSPS) is 16.4. The second kappa shape index (κ2) is 7.70. The van der Waals surface area contributed by atoms with Crippen LogP contribution in [0.25, 0.3) is 0 Å². The van der Waals surface area contributed by atoms with Gasteiger partial charge in [-0.3, -0.25) is 25.2 Å². The van der Waals surface area contributed by atoms with Crippen molar-refractivity contribution in [1.29, 1.82) is 0 Å². The van der Waals surface area contributed by atoms with Crippen molar-refractivity contribution in [1.82, 2.24) is 15.8 Å². The number of nitrogens with zero attached hydrogens (tertiary/aromatic N) is 1. The predicted octanol–water partition coefficient (Wildman–Crippen LogP) is 2.43. The minimum Gasteiger partial charge on any atom is -0.326 e. The van der Waals surface area contributed by atoms with Crippen LogP contribution in [0.1, 0.15) is 44.0 Å². The second-order valence-corrected chi connectivity index (χ2v) is 7.34. The summed E-state index contributed by atoms with van der Waals surface area (Å²) in [4.78, 5) is 39.5. The number of rotatable bonds is 3. The molecule has 2 N–H and O–H groups in total. The lowest BCUT2D eigenvalue weighted by Gasteiger charge is -2.23. The van der Waals surface area contributed by atoms with Gasteiger partial charge in [-0.1, -0.05) is 23.8 Å². The van der Waals surface area contributed by atoms with E-state index >= 15 is 0 Å². The van der Waals surface area contributed by atoms with Gasteiger partial charge in [0, 0.05) is 12.1 Å². The Hall–Kier alpha value is -2.67. The zero-order valence-corrected chi connectivity index (χ0v) is 15.6. The van der Waals surface area contributed by atoms with Crippen LogP contribution in [0.5, 0.6) is 0 Å². The third-order valence-corrected chi connectivity index (χ3v) is 5.33. The van der Waals surface area contributed by atoms with E-state index in [1.54, 1.807) is 17.0 Å². The van der Waals surface area contributed by atoms with E-state index in [0.29, 0.717) is 23.4 Å². The van der Waals surface area contributed by atoms with Gasteiger partial charge < -0.3 is 4.90 Å². The Morgan fingerprint density at radius 2 is 1.96 bits per heavy atom. The number of carbonyl (C=O) groups excluding carboxylic acids is 3. The average molecular weight is 371 g/mol. The van der Waals surface area contributed by atoms with Crippen molar-refractivity contribution in [2.75, 3.05) is 6.54 Å². The Kier molecular flexibility index (Phi) is 5.37. The van der Waals surface area contributed by atoms with E-state index in [4.69, 9.17) is 0 Å². The highest BCUT2D eigenvalue weighted by Crippen LogP contribution is 2.22. The van der Waals surface area contributed by atoms with Gasteiger partial charge in [0.15, 0.2) is 0 Å². The van der Waals surface area contributed by atoms with Crippen LogP contribution in [-0.4, -0.2) is 35.2 Å². The predicted molar refractivity (Wildman–Crippen MR) is 99.9 cm³/mol. The molecule has 3 amide bonds. The Morgan fingerprint density at radius 3 is 2.65 bits per heavy atom. The lowest BCUT2D eigenvalue weighted by atomic mass is 10.1. The minimum atomic E-state index is -0.566. The maximum absolute atomic E-state index is 12.5. The molecular weight excluding hydrogens is 350 g/mol. The van der Waals surface area contributed by atoms with Gasteiger partial charge in [0.2, 0.25) is 0 Å². The molecule has 0 bridgehead atoms. The molecule has 2 aromatic rings. The van der Waals surface area contributed by atoms with E-state index in [2.05, 4.69) is 10.9 Å². The molecule has 2 heterocycles. The highest BCUT2D eigenvalue weighted by molar-refractivity contribution is 7.12. The smallest absolute Gasteiger partial charge is 0.269 e. The summed E-state index contributed by atoms with van der Waals surface area (Å²) in [6.07, 6.45) is 1.35. The molecule has 0 saturated carbocycles. The van der Waals surface area contributed by atoms with Gasteiger partial charge in [0.25, 0.3) is 17.7 Å². The van der Waals surface area contributed by atoms with Crippen LogP contribution >= 0.6 is 11.3 Å². The van der Waals surface area contributed by atoms with Crippen LogP contribution < -0.4 is 10.9 Å². The molecular formula is C19H21N3O3S. The summed E-state index contributed by atoms with van der Waals surface area (Å²) in [6.45, 7) is 4.34. The van der Waals surface area contributed by atoms with E-state index in [-0.39, 0.29) is 17.7 Å². The van der Waals surface area contributed by atoms with Crippen LogP contribution in [-0.2, 0) is 4.79 Å². The maximum atomic E-state index is 12.5. The monoisotopic (exact) mass is 371 g/mol. The first-order valence-electron chi connectivity index (χ1n) is 8.49. The molecule has 1 saturated heterocycles. The number of hydrogen-bond donors (Lipinski definition) is 2. The standard InChI is InChI=1S/C19H21N3O3S/c1-12-7-8-14(13(2)11-12)17(23)20-21-18(24)15-5-3-9-22(15)19(25)16-6-4-10-26-16/h4,6-8,10-11,15H,3,5,9H2,1-2H3,(H,20,23)(H,21,24)/t15-/m1/s1. The van der Waals surface area contributed by atoms with Crippen molar-refractivity contribution in [2.24, 2.45) is 0 Å². The van der Waals surface area contributed by atoms with Crippen LogP contribution in [0.4, 0.5) is 0 Å². The Balaban J connectivity index is 1.62. The van der Waals surface area contributed by atoms with E-state index in [1.807, 2.05) is 37.4 Å². The molecule has 0 radical (unpaired) electrons. The van der Waals surface area contributed by atoms with Crippen LogP contribution in [0.15, 0.2) is 35.7 Å². The number of thiophene rings is 1. The lowest BCUT2D eigenvalue weighted by molar-refractivity contribution is -0.125. The molecule has 6 nitrogen and oxygen atoms in total. The first-order valence-corrected chi connectivity index (χ1v) is 9.37. The summed E-state index contributed by atoms with van der Waals surface area (Å²) in [5.41, 5.74) is 7.34. The lowest BCUT2D eigenvalue weighted by Crippen LogP contribution is -2.51. The highest BCUT2D eigenvalue weighted by atomic mass is 32.1. The minimum absolute atomic E-state index is 0.140. The summed E-state index contributed by atoms with van der Waals surface area (Å²) < 4.78 is 0. The van der Waals surface area contributed by atoms with Crippen molar-refractivity contribution < 1.29 is 14.4 Å². The molecule has 26 heavy (non-hydrogen) atoms. The zero-order valence-electron chi connectivity index (χ0n) is 14.7. The molecule has 3 rings (SSSR count). The number of nitrogens with one attached hydrogen (secondary N) is 2. The summed E-state index contributed by atoms with van der Waals surface area (Å²) >= 11 is 1.36. The molecule has 1 aromatic carbocycles. The second-order valence-electron chi connectivity index (χ2n) is 6.40. The fourth-order valence-corrected chi connectivity index (χ4v) is 3.84. The molecule has 7 heteroatoms. The van der Waals surface area contributed by atoms with Gasteiger partial charge in [0.1, 0.15) is 6.04 Å². The zero-order chi connectivity index (χ0) is 18.7. The maximum Gasteiger partial charge on any atom is 0.269 e. The van der Waals surface area contributed by atoms with Crippen molar-refractivity contribution in [3.05, 3.63) is 57.3 Å². The van der Waals surface area contributed by atoms with E-state index in [1.165, 1.54) is 11.3 Å². The number of benzene rings is 1. The van der Waals surface area contributed by atoms with Gasteiger partial charge in [-0.15, -0.1) is 11.3 Å². The molecule has 1 aliphatic rings. The fraction of sp³-hybridized carbons (Fsp3) is 0.316. The van der Waals surface area contributed by atoms with Gasteiger partial charge in [-0.05, 0) is 49.8 Å². The first-order chi connectivity index (χ1) is 12.5.